The number of hydrogen-bond acceptors (Lipinski definition) is 6. The van der Waals surface area contributed by atoms with Gasteiger partial charge in [-0.2, -0.15) is 0 Å². The average Bonchev–Trinajstić information content (AvgIpc) is 3.49. The van der Waals surface area contributed by atoms with Crippen LogP contribution in [0.1, 0.15) is 48.2 Å². The molecule has 4 heterocycles. The van der Waals surface area contributed by atoms with Gasteiger partial charge in [0.1, 0.15) is 22.9 Å². The minimum Gasteiger partial charge on any atom is -0.490 e. The van der Waals surface area contributed by atoms with Crippen molar-refractivity contribution in [3.8, 4) is 11.4 Å². The molecule has 2 bridgehead atoms. The smallest absolute Gasteiger partial charge is 0.275 e. The maximum Gasteiger partial charge on any atom is 0.275 e. The lowest BCUT2D eigenvalue weighted by molar-refractivity contribution is 0.0661. The van der Waals surface area contributed by atoms with Gasteiger partial charge in [0, 0.05) is 18.0 Å². The number of carbonyl (C=O) groups excluding carboxylic acids is 1. The number of rotatable bonds is 5. The zero-order chi connectivity index (χ0) is 21.1. The maximum atomic E-state index is 13.0. The highest BCUT2D eigenvalue weighted by atomic mass is 32.1. The van der Waals surface area contributed by atoms with Crippen molar-refractivity contribution < 1.29 is 9.53 Å². The molecule has 0 unspecified atom stereocenters. The SMILES string of the molecule is CN1[C@@H]2CC[C@H]1C[C@@H](Oc1ccc(-n3cnc4cc(C(=O)C5CC5)sc4c3=O)cc1)C2. The van der Waals surface area contributed by atoms with Gasteiger partial charge >= 0.3 is 0 Å². The van der Waals surface area contributed by atoms with Crippen LogP contribution < -0.4 is 10.3 Å². The molecule has 3 atom stereocenters. The van der Waals surface area contributed by atoms with E-state index in [-0.39, 0.29) is 23.4 Å². The fourth-order valence-corrected chi connectivity index (χ4v) is 6.16. The van der Waals surface area contributed by atoms with Gasteiger partial charge in [0.2, 0.25) is 0 Å². The van der Waals surface area contributed by atoms with Crippen LogP contribution in [0.5, 0.6) is 5.75 Å². The van der Waals surface area contributed by atoms with Crippen LogP contribution in [0.15, 0.2) is 41.5 Å². The maximum absolute atomic E-state index is 13.0. The number of Topliss-reactive ketones (excluding diaryl/α,β-unsaturated/α-hetero) is 1. The second kappa shape index (κ2) is 7.28. The Labute approximate surface area is 184 Å². The number of fused-ring (bicyclic) bond motifs is 3. The molecule has 2 saturated heterocycles. The van der Waals surface area contributed by atoms with Gasteiger partial charge in [0.25, 0.3) is 5.56 Å². The first-order chi connectivity index (χ1) is 15.1. The molecule has 31 heavy (non-hydrogen) atoms. The van der Waals surface area contributed by atoms with Crippen LogP contribution in [0, 0.1) is 5.92 Å². The molecule has 7 heteroatoms. The van der Waals surface area contributed by atoms with E-state index < -0.39 is 0 Å². The molecule has 160 valence electrons. The Morgan fingerprint density at radius 3 is 2.48 bits per heavy atom. The Morgan fingerprint density at radius 2 is 1.81 bits per heavy atom. The molecular weight excluding hydrogens is 410 g/mol. The standard InChI is InChI=1S/C24H25N3O3S/c1-26-16-4-5-17(26)11-19(10-16)30-18-8-6-15(7-9-18)27-13-25-20-12-21(22(28)14-2-3-14)31-23(20)24(27)29/h6-9,12-14,16-17,19H,2-5,10-11H2,1H3/t16-,17+,19+. The molecule has 2 aliphatic heterocycles. The van der Waals surface area contributed by atoms with E-state index in [9.17, 15) is 9.59 Å². The van der Waals surface area contributed by atoms with Crippen LogP contribution in [0.25, 0.3) is 15.9 Å². The topological polar surface area (TPSA) is 64.4 Å². The van der Waals surface area contributed by atoms with E-state index in [2.05, 4.69) is 16.9 Å². The summed E-state index contributed by atoms with van der Waals surface area (Å²) in [6.45, 7) is 0. The van der Waals surface area contributed by atoms with Gasteiger partial charge in [-0.3, -0.25) is 14.2 Å². The summed E-state index contributed by atoms with van der Waals surface area (Å²) in [6, 6.07) is 10.7. The monoisotopic (exact) mass is 435 g/mol. The van der Waals surface area contributed by atoms with Crippen molar-refractivity contribution in [3.63, 3.8) is 0 Å². The van der Waals surface area contributed by atoms with Crippen molar-refractivity contribution in [1.82, 2.24) is 14.5 Å². The van der Waals surface area contributed by atoms with E-state index in [1.54, 1.807) is 17.0 Å². The van der Waals surface area contributed by atoms with E-state index >= 15 is 0 Å². The minimum atomic E-state index is -0.134. The van der Waals surface area contributed by atoms with Crippen molar-refractivity contribution in [2.45, 2.75) is 56.7 Å². The molecule has 1 saturated carbocycles. The summed E-state index contributed by atoms with van der Waals surface area (Å²) < 4.78 is 8.35. The summed E-state index contributed by atoms with van der Waals surface area (Å²) in [5, 5.41) is 0. The Kier molecular flexibility index (Phi) is 4.51. The molecule has 6 rings (SSSR count). The lowest BCUT2D eigenvalue weighted by Crippen LogP contribution is -2.43. The van der Waals surface area contributed by atoms with E-state index in [0.717, 1.165) is 37.1 Å². The van der Waals surface area contributed by atoms with Crippen LogP contribution >= 0.6 is 11.3 Å². The van der Waals surface area contributed by atoms with Gasteiger partial charge in [-0.1, -0.05) is 0 Å². The number of ether oxygens (including phenoxy) is 1. The van der Waals surface area contributed by atoms with Gasteiger partial charge in [0.15, 0.2) is 5.78 Å². The van der Waals surface area contributed by atoms with E-state index in [4.69, 9.17) is 4.74 Å². The fourth-order valence-electron chi connectivity index (χ4n) is 5.10. The van der Waals surface area contributed by atoms with Crippen LogP contribution in [0.2, 0.25) is 0 Å². The molecule has 0 N–H and O–H groups in total. The summed E-state index contributed by atoms with van der Waals surface area (Å²) in [5.74, 6) is 1.13. The molecular formula is C24H25N3O3S. The number of benzene rings is 1. The highest BCUT2D eigenvalue weighted by molar-refractivity contribution is 7.20. The van der Waals surface area contributed by atoms with Gasteiger partial charge in [-0.25, -0.2) is 4.98 Å². The zero-order valence-electron chi connectivity index (χ0n) is 17.5. The Morgan fingerprint density at radius 1 is 1.10 bits per heavy atom. The number of nitrogens with zero attached hydrogens (tertiary/aromatic N) is 3. The zero-order valence-corrected chi connectivity index (χ0v) is 18.3. The molecule has 3 aromatic rings. The molecule has 1 aromatic carbocycles. The summed E-state index contributed by atoms with van der Waals surface area (Å²) in [7, 11) is 2.23. The van der Waals surface area contributed by atoms with Crippen LogP contribution in [0.4, 0.5) is 0 Å². The summed E-state index contributed by atoms with van der Waals surface area (Å²) in [4.78, 5) is 33.0. The third-order valence-corrected chi connectivity index (χ3v) is 8.23. The van der Waals surface area contributed by atoms with Crippen molar-refractivity contribution in [2.24, 2.45) is 5.92 Å². The van der Waals surface area contributed by atoms with Crippen molar-refractivity contribution in [1.29, 1.82) is 0 Å². The Bertz CT molecular complexity index is 1200. The number of carbonyl (C=O) groups is 1. The van der Waals surface area contributed by atoms with Crippen LogP contribution in [-0.2, 0) is 0 Å². The van der Waals surface area contributed by atoms with Gasteiger partial charge in [-0.15, -0.1) is 11.3 Å². The third kappa shape index (κ3) is 3.40. The van der Waals surface area contributed by atoms with Crippen LogP contribution in [-0.4, -0.2) is 45.5 Å². The van der Waals surface area contributed by atoms with Crippen molar-refractivity contribution in [3.05, 3.63) is 51.9 Å². The lowest BCUT2D eigenvalue weighted by atomic mass is 10.0. The van der Waals surface area contributed by atoms with E-state index in [1.807, 2.05) is 24.3 Å². The first kappa shape index (κ1) is 19.2. The summed E-state index contributed by atoms with van der Waals surface area (Å²) >= 11 is 1.27. The highest BCUT2D eigenvalue weighted by Gasteiger charge is 2.39. The lowest BCUT2D eigenvalue weighted by Gasteiger charge is -2.36. The number of hydrogen-bond donors (Lipinski definition) is 0. The minimum absolute atomic E-state index is 0.134. The highest BCUT2D eigenvalue weighted by Crippen LogP contribution is 2.37. The van der Waals surface area contributed by atoms with Crippen LogP contribution in [0.3, 0.4) is 0 Å². The summed E-state index contributed by atoms with van der Waals surface area (Å²) in [6.07, 6.45) is 8.42. The normalized spacial score (nSPS) is 25.8. The largest absolute Gasteiger partial charge is 0.490 e. The first-order valence-electron chi connectivity index (χ1n) is 11.1. The second-order valence-corrected chi connectivity index (χ2v) is 10.2. The molecule has 1 aliphatic carbocycles. The quantitative estimate of drug-likeness (QED) is 0.566. The third-order valence-electron chi connectivity index (χ3n) is 7.10. The van der Waals surface area contributed by atoms with E-state index in [0.29, 0.717) is 27.2 Å². The molecule has 2 aromatic heterocycles. The Hall–Kier alpha value is -2.51. The van der Waals surface area contributed by atoms with Crippen molar-refractivity contribution in [2.75, 3.05) is 7.05 Å². The second-order valence-electron chi connectivity index (χ2n) is 9.14. The van der Waals surface area contributed by atoms with E-state index in [1.165, 1.54) is 24.2 Å². The summed E-state index contributed by atoms with van der Waals surface area (Å²) in [5.41, 5.74) is 1.22. The van der Waals surface area contributed by atoms with Gasteiger partial charge in [0.05, 0.1) is 16.1 Å². The fraction of sp³-hybridized carbons (Fsp3) is 0.458. The number of aromatic nitrogens is 2. The molecule has 3 fully saturated rings. The average molecular weight is 436 g/mol. The van der Waals surface area contributed by atoms with Gasteiger partial charge < -0.3 is 9.64 Å². The Balaban J connectivity index is 1.22. The number of ketones is 1. The molecule has 3 aliphatic rings. The molecule has 0 radical (unpaired) electrons. The molecule has 6 nitrogen and oxygen atoms in total. The predicted octanol–water partition coefficient (Wildman–Crippen LogP) is 4.04. The van der Waals surface area contributed by atoms with Crippen molar-refractivity contribution >= 4 is 27.3 Å². The first-order valence-corrected chi connectivity index (χ1v) is 11.9. The van der Waals surface area contributed by atoms with Gasteiger partial charge in [-0.05, 0) is 75.9 Å². The molecule has 0 spiro atoms. The number of piperidine rings is 1. The molecule has 0 amide bonds. The predicted molar refractivity (Wildman–Crippen MR) is 120 cm³/mol. The number of thiophene rings is 1.